The van der Waals surface area contributed by atoms with Gasteiger partial charge in [-0.2, -0.15) is 5.26 Å². The summed E-state index contributed by atoms with van der Waals surface area (Å²) in [5.74, 6) is 0. The SMILES string of the molecule is CCCCCC(C#N)OCCCO. The Morgan fingerprint density at radius 3 is 2.69 bits per heavy atom. The molecule has 0 fully saturated rings. The first-order chi connectivity index (χ1) is 6.35. The zero-order valence-corrected chi connectivity index (χ0v) is 8.33. The van der Waals surface area contributed by atoms with Gasteiger partial charge < -0.3 is 9.84 Å². The number of hydrogen-bond donors (Lipinski definition) is 1. The second-order valence-electron chi connectivity index (χ2n) is 3.06. The summed E-state index contributed by atoms with van der Waals surface area (Å²) >= 11 is 0. The van der Waals surface area contributed by atoms with Crippen LogP contribution in [0.15, 0.2) is 0 Å². The Morgan fingerprint density at radius 2 is 2.15 bits per heavy atom. The second-order valence-corrected chi connectivity index (χ2v) is 3.06. The molecular formula is C10H19NO2. The predicted molar refractivity (Wildman–Crippen MR) is 51.2 cm³/mol. The molecule has 0 aliphatic carbocycles. The van der Waals surface area contributed by atoms with Gasteiger partial charge in [-0.25, -0.2) is 0 Å². The minimum atomic E-state index is -0.280. The molecule has 13 heavy (non-hydrogen) atoms. The third-order valence-corrected chi connectivity index (χ3v) is 1.84. The van der Waals surface area contributed by atoms with Crippen molar-refractivity contribution < 1.29 is 9.84 Å². The molecule has 76 valence electrons. The third kappa shape index (κ3) is 7.76. The van der Waals surface area contributed by atoms with Gasteiger partial charge in [0.15, 0.2) is 0 Å². The normalized spacial score (nSPS) is 12.4. The van der Waals surface area contributed by atoms with Gasteiger partial charge in [0.25, 0.3) is 0 Å². The molecule has 3 nitrogen and oxygen atoms in total. The molecule has 1 unspecified atom stereocenters. The first-order valence-electron chi connectivity index (χ1n) is 4.97. The minimum Gasteiger partial charge on any atom is -0.396 e. The molecule has 0 spiro atoms. The fraction of sp³-hybridized carbons (Fsp3) is 0.900. The Morgan fingerprint density at radius 1 is 1.38 bits per heavy atom. The number of nitriles is 1. The fourth-order valence-corrected chi connectivity index (χ4v) is 1.06. The van der Waals surface area contributed by atoms with Gasteiger partial charge in [-0.3, -0.25) is 0 Å². The third-order valence-electron chi connectivity index (χ3n) is 1.84. The van der Waals surface area contributed by atoms with E-state index in [1.54, 1.807) is 0 Å². The van der Waals surface area contributed by atoms with Crippen molar-refractivity contribution in [2.45, 2.75) is 45.1 Å². The van der Waals surface area contributed by atoms with E-state index in [0.717, 1.165) is 25.7 Å². The van der Waals surface area contributed by atoms with Crippen LogP contribution in [0.5, 0.6) is 0 Å². The first-order valence-corrected chi connectivity index (χ1v) is 4.97. The predicted octanol–water partition coefficient (Wildman–Crippen LogP) is 1.86. The summed E-state index contributed by atoms with van der Waals surface area (Å²) in [6.45, 7) is 2.75. The fourth-order valence-electron chi connectivity index (χ4n) is 1.06. The summed E-state index contributed by atoms with van der Waals surface area (Å²) in [6.07, 6.45) is 4.52. The van der Waals surface area contributed by atoms with E-state index in [9.17, 15) is 0 Å². The van der Waals surface area contributed by atoms with E-state index in [-0.39, 0.29) is 12.7 Å². The number of unbranched alkanes of at least 4 members (excludes halogenated alkanes) is 2. The van der Waals surface area contributed by atoms with E-state index < -0.39 is 0 Å². The molecule has 0 heterocycles. The van der Waals surface area contributed by atoms with Crippen molar-refractivity contribution >= 4 is 0 Å². The van der Waals surface area contributed by atoms with Crippen molar-refractivity contribution in [1.29, 1.82) is 5.26 Å². The molecule has 0 saturated heterocycles. The molecule has 0 amide bonds. The summed E-state index contributed by atoms with van der Waals surface area (Å²) in [6, 6.07) is 2.12. The maximum Gasteiger partial charge on any atom is 0.143 e. The van der Waals surface area contributed by atoms with Crippen molar-refractivity contribution in [3.05, 3.63) is 0 Å². The van der Waals surface area contributed by atoms with Gasteiger partial charge in [0.05, 0.1) is 12.7 Å². The number of aliphatic hydroxyl groups is 1. The van der Waals surface area contributed by atoms with Crippen LogP contribution in [0.3, 0.4) is 0 Å². The van der Waals surface area contributed by atoms with Gasteiger partial charge >= 0.3 is 0 Å². The lowest BCUT2D eigenvalue weighted by molar-refractivity contribution is 0.0709. The average Bonchev–Trinajstić information content (AvgIpc) is 2.16. The van der Waals surface area contributed by atoms with Crippen LogP contribution in [0, 0.1) is 11.3 Å². The maximum absolute atomic E-state index is 8.69. The van der Waals surface area contributed by atoms with Gasteiger partial charge in [0, 0.05) is 6.61 Å². The minimum absolute atomic E-state index is 0.132. The Balaban J connectivity index is 3.36. The van der Waals surface area contributed by atoms with Crippen LogP contribution in [-0.4, -0.2) is 24.4 Å². The number of ether oxygens (including phenoxy) is 1. The van der Waals surface area contributed by atoms with Crippen LogP contribution >= 0.6 is 0 Å². The lowest BCUT2D eigenvalue weighted by Gasteiger charge is -2.09. The summed E-state index contributed by atoms with van der Waals surface area (Å²) in [5.41, 5.74) is 0. The molecule has 0 aromatic rings. The summed E-state index contributed by atoms with van der Waals surface area (Å²) in [4.78, 5) is 0. The number of hydrogen-bond acceptors (Lipinski definition) is 3. The Bertz CT molecular complexity index is 132. The van der Waals surface area contributed by atoms with Gasteiger partial charge in [0.1, 0.15) is 6.10 Å². The molecule has 0 aromatic heterocycles. The molecule has 1 N–H and O–H groups in total. The van der Waals surface area contributed by atoms with E-state index in [2.05, 4.69) is 13.0 Å². The van der Waals surface area contributed by atoms with Crippen LogP contribution < -0.4 is 0 Å². The lowest BCUT2D eigenvalue weighted by Crippen LogP contribution is -2.11. The topological polar surface area (TPSA) is 53.2 Å². The van der Waals surface area contributed by atoms with Crippen molar-refractivity contribution in [2.24, 2.45) is 0 Å². The molecule has 0 rings (SSSR count). The van der Waals surface area contributed by atoms with Crippen LogP contribution in [0.25, 0.3) is 0 Å². The molecule has 3 heteroatoms. The van der Waals surface area contributed by atoms with Crippen molar-refractivity contribution in [1.82, 2.24) is 0 Å². The van der Waals surface area contributed by atoms with Crippen molar-refractivity contribution in [2.75, 3.05) is 13.2 Å². The smallest absolute Gasteiger partial charge is 0.143 e. The number of aliphatic hydroxyl groups excluding tert-OH is 1. The molecule has 0 aromatic carbocycles. The number of rotatable bonds is 8. The maximum atomic E-state index is 8.69. The van der Waals surface area contributed by atoms with Gasteiger partial charge in [-0.05, 0) is 19.3 Å². The van der Waals surface area contributed by atoms with E-state index in [0.29, 0.717) is 13.0 Å². The summed E-state index contributed by atoms with van der Waals surface area (Å²) in [5, 5.41) is 17.2. The molecule has 0 radical (unpaired) electrons. The zero-order chi connectivity index (χ0) is 9.94. The monoisotopic (exact) mass is 185 g/mol. The Hall–Kier alpha value is -0.590. The molecule has 1 atom stereocenters. The van der Waals surface area contributed by atoms with E-state index >= 15 is 0 Å². The van der Waals surface area contributed by atoms with E-state index in [1.165, 1.54) is 0 Å². The Labute approximate surface area is 80.3 Å². The summed E-state index contributed by atoms with van der Waals surface area (Å²) in [7, 11) is 0. The highest BCUT2D eigenvalue weighted by atomic mass is 16.5. The van der Waals surface area contributed by atoms with Crippen molar-refractivity contribution in [3.8, 4) is 6.07 Å². The van der Waals surface area contributed by atoms with E-state index in [4.69, 9.17) is 15.1 Å². The highest BCUT2D eigenvalue weighted by Gasteiger charge is 2.05. The number of nitrogens with zero attached hydrogens (tertiary/aromatic N) is 1. The van der Waals surface area contributed by atoms with Gasteiger partial charge in [-0.15, -0.1) is 0 Å². The summed E-state index contributed by atoms with van der Waals surface area (Å²) < 4.78 is 5.26. The van der Waals surface area contributed by atoms with E-state index in [1.807, 2.05) is 0 Å². The van der Waals surface area contributed by atoms with Gasteiger partial charge in [0.2, 0.25) is 0 Å². The van der Waals surface area contributed by atoms with Crippen LogP contribution in [-0.2, 0) is 4.74 Å². The molecule has 0 bridgehead atoms. The zero-order valence-electron chi connectivity index (χ0n) is 8.33. The van der Waals surface area contributed by atoms with Crippen molar-refractivity contribution in [3.63, 3.8) is 0 Å². The largest absolute Gasteiger partial charge is 0.396 e. The molecule has 0 saturated carbocycles. The Kier molecular flexibility index (Phi) is 9.07. The lowest BCUT2D eigenvalue weighted by atomic mass is 10.1. The highest BCUT2D eigenvalue weighted by molar-refractivity contribution is 4.83. The second kappa shape index (κ2) is 9.50. The quantitative estimate of drug-likeness (QED) is 0.587. The average molecular weight is 185 g/mol. The van der Waals surface area contributed by atoms with Crippen LogP contribution in [0.4, 0.5) is 0 Å². The standard InChI is InChI=1S/C10H19NO2/c1-2-3-4-6-10(9-11)13-8-5-7-12/h10,12H,2-8H2,1H3. The molecule has 0 aliphatic heterocycles. The van der Waals surface area contributed by atoms with Crippen LogP contribution in [0.2, 0.25) is 0 Å². The van der Waals surface area contributed by atoms with Crippen LogP contribution in [0.1, 0.15) is 39.0 Å². The van der Waals surface area contributed by atoms with Gasteiger partial charge in [-0.1, -0.05) is 19.8 Å². The molecular weight excluding hydrogens is 166 g/mol. The molecule has 0 aliphatic rings. The first kappa shape index (κ1) is 12.4. The highest BCUT2D eigenvalue weighted by Crippen LogP contribution is 2.06.